The highest BCUT2D eigenvalue weighted by atomic mass is 16.5. The van der Waals surface area contributed by atoms with Crippen LogP contribution in [0.25, 0.3) is 0 Å². The van der Waals surface area contributed by atoms with Crippen LogP contribution in [-0.4, -0.2) is 51.4 Å². The molecule has 0 saturated carbocycles. The van der Waals surface area contributed by atoms with E-state index < -0.39 is 0 Å². The van der Waals surface area contributed by atoms with Crippen molar-refractivity contribution in [1.29, 1.82) is 0 Å². The highest BCUT2D eigenvalue weighted by molar-refractivity contribution is 5.30. The summed E-state index contributed by atoms with van der Waals surface area (Å²) in [7, 11) is 3.91. The van der Waals surface area contributed by atoms with E-state index in [1.54, 1.807) is 7.11 Å². The molecule has 1 aliphatic rings. The van der Waals surface area contributed by atoms with Gasteiger partial charge in [0, 0.05) is 25.2 Å². The molecule has 1 N–H and O–H groups in total. The van der Waals surface area contributed by atoms with Crippen molar-refractivity contribution in [3.05, 3.63) is 29.8 Å². The van der Waals surface area contributed by atoms with Crippen LogP contribution in [0.4, 0.5) is 0 Å². The van der Waals surface area contributed by atoms with Crippen LogP contribution in [0.15, 0.2) is 24.3 Å². The van der Waals surface area contributed by atoms with Gasteiger partial charge in [-0.15, -0.1) is 0 Å². The standard InChI is InChI=1S/C17H28N2O2/c1-4-9-18-17(12-19(2)15-8-10-21-13-15)14-6-5-7-16(11-14)20-3/h5-7,11,15,17-18H,4,8-10,12-13H2,1-3H3. The van der Waals surface area contributed by atoms with Crippen LogP contribution in [0.1, 0.15) is 31.4 Å². The molecule has 0 spiro atoms. The maximum atomic E-state index is 5.50. The molecule has 1 aromatic rings. The van der Waals surface area contributed by atoms with Gasteiger partial charge in [-0.2, -0.15) is 0 Å². The van der Waals surface area contributed by atoms with Gasteiger partial charge in [0.1, 0.15) is 5.75 Å². The molecule has 4 heteroatoms. The lowest BCUT2D eigenvalue weighted by Crippen LogP contribution is -2.39. The number of nitrogens with one attached hydrogen (secondary N) is 1. The lowest BCUT2D eigenvalue weighted by molar-refractivity contribution is 0.153. The van der Waals surface area contributed by atoms with Gasteiger partial charge < -0.3 is 14.8 Å². The van der Waals surface area contributed by atoms with Crippen molar-refractivity contribution >= 4 is 0 Å². The Morgan fingerprint density at radius 2 is 2.33 bits per heavy atom. The Kier molecular flexibility index (Phi) is 6.49. The number of benzene rings is 1. The van der Waals surface area contributed by atoms with Crippen molar-refractivity contribution in [3.63, 3.8) is 0 Å². The van der Waals surface area contributed by atoms with Crippen LogP contribution >= 0.6 is 0 Å². The van der Waals surface area contributed by atoms with Gasteiger partial charge in [0.25, 0.3) is 0 Å². The summed E-state index contributed by atoms with van der Waals surface area (Å²) in [5, 5.41) is 3.65. The first-order valence-electron chi connectivity index (χ1n) is 7.90. The highest BCUT2D eigenvalue weighted by Crippen LogP contribution is 2.21. The van der Waals surface area contributed by atoms with Gasteiger partial charge in [0.05, 0.1) is 13.7 Å². The van der Waals surface area contributed by atoms with E-state index in [1.807, 2.05) is 6.07 Å². The molecule has 2 rings (SSSR count). The zero-order chi connectivity index (χ0) is 15.1. The molecular weight excluding hydrogens is 264 g/mol. The number of hydrogen-bond donors (Lipinski definition) is 1. The van der Waals surface area contributed by atoms with Crippen molar-refractivity contribution in [3.8, 4) is 5.75 Å². The van der Waals surface area contributed by atoms with Gasteiger partial charge in [0.2, 0.25) is 0 Å². The molecule has 118 valence electrons. The van der Waals surface area contributed by atoms with Gasteiger partial charge in [-0.1, -0.05) is 19.1 Å². The predicted molar refractivity (Wildman–Crippen MR) is 85.9 cm³/mol. The maximum absolute atomic E-state index is 5.50. The topological polar surface area (TPSA) is 33.7 Å². The van der Waals surface area contributed by atoms with Crippen molar-refractivity contribution in [2.45, 2.75) is 31.8 Å². The number of methoxy groups -OCH3 is 1. The van der Waals surface area contributed by atoms with Crippen LogP contribution < -0.4 is 10.1 Å². The summed E-state index contributed by atoms with van der Waals surface area (Å²) in [5.74, 6) is 0.919. The average Bonchev–Trinajstić information content (AvgIpc) is 3.05. The van der Waals surface area contributed by atoms with Crippen LogP contribution in [0, 0.1) is 0 Å². The van der Waals surface area contributed by atoms with E-state index in [0.717, 1.165) is 44.9 Å². The van der Waals surface area contributed by atoms with E-state index >= 15 is 0 Å². The molecule has 2 unspecified atom stereocenters. The summed E-state index contributed by atoms with van der Waals surface area (Å²) >= 11 is 0. The van der Waals surface area contributed by atoms with Gasteiger partial charge in [-0.25, -0.2) is 0 Å². The number of rotatable bonds is 8. The fourth-order valence-electron chi connectivity index (χ4n) is 2.77. The number of likely N-dealkylation sites (N-methyl/N-ethyl adjacent to an activating group) is 1. The quantitative estimate of drug-likeness (QED) is 0.798. The number of nitrogens with zero attached hydrogens (tertiary/aromatic N) is 1. The number of hydrogen-bond acceptors (Lipinski definition) is 4. The predicted octanol–water partition coefficient (Wildman–Crippen LogP) is 2.46. The fourth-order valence-corrected chi connectivity index (χ4v) is 2.77. The first-order chi connectivity index (χ1) is 10.2. The zero-order valence-corrected chi connectivity index (χ0v) is 13.5. The zero-order valence-electron chi connectivity index (χ0n) is 13.5. The molecule has 0 aromatic heterocycles. The van der Waals surface area contributed by atoms with E-state index in [2.05, 4.69) is 42.4 Å². The first-order valence-corrected chi connectivity index (χ1v) is 7.90. The Bertz CT molecular complexity index is 419. The monoisotopic (exact) mass is 292 g/mol. The van der Waals surface area contributed by atoms with Crippen LogP contribution in [0.5, 0.6) is 5.75 Å². The SMILES string of the molecule is CCCNC(CN(C)C1CCOC1)c1cccc(OC)c1. The minimum absolute atomic E-state index is 0.325. The Morgan fingerprint density at radius 1 is 1.48 bits per heavy atom. The molecule has 0 amide bonds. The smallest absolute Gasteiger partial charge is 0.119 e. The normalized spacial score (nSPS) is 19.9. The Morgan fingerprint density at radius 3 is 3.00 bits per heavy atom. The second-order valence-corrected chi connectivity index (χ2v) is 5.74. The van der Waals surface area contributed by atoms with Crippen molar-refractivity contribution in [1.82, 2.24) is 10.2 Å². The van der Waals surface area contributed by atoms with E-state index in [-0.39, 0.29) is 0 Å². The molecule has 0 radical (unpaired) electrons. The summed E-state index contributed by atoms with van der Waals surface area (Å²) in [5.41, 5.74) is 1.29. The highest BCUT2D eigenvalue weighted by Gasteiger charge is 2.23. The molecule has 1 aliphatic heterocycles. The van der Waals surface area contributed by atoms with Crippen molar-refractivity contribution < 1.29 is 9.47 Å². The number of ether oxygens (including phenoxy) is 2. The molecule has 0 aliphatic carbocycles. The van der Waals surface area contributed by atoms with Crippen LogP contribution in [0.2, 0.25) is 0 Å². The van der Waals surface area contributed by atoms with Crippen LogP contribution in [0.3, 0.4) is 0 Å². The van der Waals surface area contributed by atoms with Crippen molar-refractivity contribution in [2.75, 3.05) is 40.5 Å². The molecule has 21 heavy (non-hydrogen) atoms. The molecule has 1 heterocycles. The molecular formula is C17H28N2O2. The Balaban J connectivity index is 2.05. The van der Waals surface area contributed by atoms with Gasteiger partial charge in [-0.05, 0) is 44.1 Å². The summed E-state index contributed by atoms with van der Waals surface area (Å²) < 4.78 is 10.9. The summed E-state index contributed by atoms with van der Waals surface area (Å²) in [6.07, 6.45) is 2.27. The third-order valence-electron chi connectivity index (χ3n) is 4.14. The van der Waals surface area contributed by atoms with E-state index in [1.165, 1.54) is 5.56 Å². The minimum Gasteiger partial charge on any atom is -0.497 e. The molecule has 2 atom stereocenters. The third-order valence-corrected chi connectivity index (χ3v) is 4.14. The first kappa shape index (κ1) is 16.3. The molecule has 1 aromatic carbocycles. The fraction of sp³-hybridized carbons (Fsp3) is 0.647. The van der Waals surface area contributed by atoms with E-state index in [0.29, 0.717) is 12.1 Å². The largest absolute Gasteiger partial charge is 0.497 e. The maximum Gasteiger partial charge on any atom is 0.119 e. The Labute approximate surface area is 128 Å². The van der Waals surface area contributed by atoms with Gasteiger partial charge >= 0.3 is 0 Å². The second kappa shape index (κ2) is 8.37. The third kappa shape index (κ3) is 4.70. The lowest BCUT2D eigenvalue weighted by Gasteiger charge is -2.29. The molecule has 0 bridgehead atoms. The molecule has 1 saturated heterocycles. The van der Waals surface area contributed by atoms with Gasteiger partial charge in [0.15, 0.2) is 0 Å². The lowest BCUT2D eigenvalue weighted by atomic mass is 10.0. The van der Waals surface area contributed by atoms with E-state index in [4.69, 9.17) is 9.47 Å². The minimum atomic E-state index is 0.325. The van der Waals surface area contributed by atoms with Crippen LogP contribution in [-0.2, 0) is 4.74 Å². The summed E-state index contributed by atoms with van der Waals surface area (Å²) in [6, 6.07) is 9.23. The summed E-state index contributed by atoms with van der Waals surface area (Å²) in [6.45, 7) is 5.96. The Hall–Kier alpha value is -1.10. The second-order valence-electron chi connectivity index (χ2n) is 5.74. The summed E-state index contributed by atoms with van der Waals surface area (Å²) in [4.78, 5) is 2.42. The average molecular weight is 292 g/mol. The molecule has 4 nitrogen and oxygen atoms in total. The molecule has 1 fully saturated rings. The van der Waals surface area contributed by atoms with E-state index in [9.17, 15) is 0 Å². The van der Waals surface area contributed by atoms with Gasteiger partial charge in [-0.3, -0.25) is 4.90 Å². The van der Waals surface area contributed by atoms with Crippen molar-refractivity contribution in [2.24, 2.45) is 0 Å².